The van der Waals surface area contributed by atoms with E-state index in [4.69, 9.17) is 11.6 Å². The Morgan fingerprint density at radius 3 is 3.10 bits per heavy atom. The van der Waals surface area contributed by atoms with Crippen LogP contribution in [0, 0.1) is 0 Å². The van der Waals surface area contributed by atoms with Crippen LogP contribution >= 0.6 is 22.9 Å². The molecule has 1 aliphatic rings. The molecule has 0 spiro atoms. The zero-order valence-electron chi connectivity index (χ0n) is 11.5. The van der Waals surface area contributed by atoms with Crippen LogP contribution in [0.3, 0.4) is 0 Å². The van der Waals surface area contributed by atoms with E-state index in [1.54, 1.807) is 18.3 Å². The van der Waals surface area contributed by atoms with Crippen molar-refractivity contribution >= 4 is 34.8 Å². The summed E-state index contributed by atoms with van der Waals surface area (Å²) in [4.78, 5) is 26.7. The molecule has 0 saturated heterocycles. The highest BCUT2D eigenvalue weighted by Gasteiger charge is 2.20. The fourth-order valence-electron chi connectivity index (χ4n) is 2.21. The molecule has 1 N–H and O–H groups in total. The van der Waals surface area contributed by atoms with Crippen molar-refractivity contribution in [2.45, 2.75) is 38.1 Å². The quantitative estimate of drug-likeness (QED) is 0.669. The van der Waals surface area contributed by atoms with Crippen LogP contribution < -0.4 is 5.32 Å². The predicted molar refractivity (Wildman–Crippen MR) is 81.0 cm³/mol. The van der Waals surface area contributed by atoms with Crippen LogP contribution in [0.1, 0.15) is 30.2 Å². The number of alkyl halides is 1. The SMILES string of the molecule is CC(Cl)C(=O)NCCCC(=O)N1CCc2sccc2C1. The van der Waals surface area contributed by atoms with Crippen molar-refractivity contribution in [2.75, 3.05) is 13.1 Å². The Hall–Kier alpha value is -1.07. The number of thiophene rings is 1. The van der Waals surface area contributed by atoms with Crippen LogP contribution in [0.4, 0.5) is 0 Å². The Balaban J connectivity index is 1.70. The molecule has 0 aromatic carbocycles. The molecule has 1 aromatic heterocycles. The van der Waals surface area contributed by atoms with Crippen LogP contribution in [0.2, 0.25) is 0 Å². The third kappa shape index (κ3) is 3.96. The number of amides is 2. The molecule has 0 fully saturated rings. The lowest BCUT2D eigenvalue weighted by Gasteiger charge is -2.27. The van der Waals surface area contributed by atoms with E-state index < -0.39 is 5.38 Å². The summed E-state index contributed by atoms with van der Waals surface area (Å²) >= 11 is 7.41. The standard InChI is InChI=1S/C14H19ClN2O2S/c1-10(15)14(19)16-6-2-3-13(18)17-7-4-12-11(9-17)5-8-20-12/h5,8,10H,2-4,6-7,9H2,1H3,(H,16,19). The van der Waals surface area contributed by atoms with E-state index in [0.29, 0.717) is 19.4 Å². The molecule has 1 atom stereocenters. The normalized spacial score (nSPS) is 15.6. The van der Waals surface area contributed by atoms with E-state index in [9.17, 15) is 9.59 Å². The van der Waals surface area contributed by atoms with Crippen LogP contribution in [0.5, 0.6) is 0 Å². The third-order valence-electron chi connectivity index (χ3n) is 3.39. The van der Waals surface area contributed by atoms with E-state index in [1.807, 2.05) is 4.90 Å². The third-order valence-corrected chi connectivity index (χ3v) is 4.61. The molecule has 0 radical (unpaired) electrons. The average Bonchev–Trinajstić information content (AvgIpc) is 2.90. The number of rotatable bonds is 5. The molecule has 0 bridgehead atoms. The minimum absolute atomic E-state index is 0.162. The summed E-state index contributed by atoms with van der Waals surface area (Å²) < 4.78 is 0. The Morgan fingerprint density at radius 1 is 1.55 bits per heavy atom. The maximum absolute atomic E-state index is 12.1. The second-order valence-electron chi connectivity index (χ2n) is 4.94. The number of fused-ring (bicyclic) bond motifs is 1. The highest BCUT2D eigenvalue weighted by Crippen LogP contribution is 2.24. The molecule has 1 unspecified atom stereocenters. The van der Waals surface area contributed by atoms with Gasteiger partial charge in [0.15, 0.2) is 0 Å². The van der Waals surface area contributed by atoms with Gasteiger partial charge in [0.2, 0.25) is 11.8 Å². The smallest absolute Gasteiger partial charge is 0.237 e. The molecule has 110 valence electrons. The highest BCUT2D eigenvalue weighted by molar-refractivity contribution is 7.10. The van der Waals surface area contributed by atoms with E-state index in [1.165, 1.54) is 10.4 Å². The van der Waals surface area contributed by atoms with Crippen LogP contribution in [0.25, 0.3) is 0 Å². The Kier molecular flexibility index (Phi) is 5.43. The number of hydrogen-bond acceptors (Lipinski definition) is 3. The van der Waals surface area contributed by atoms with Gasteiger partial charge in [-0.15, -0.1) is 22.9 Å². The topological polar surface area (TPSA) is 49.4 Å². The van der Waals surface area contributed by atoms with Crippen molar-refractivity contribution < 1.29 is 9.59 Å². The summed E-state index contributed by atoms with van der Waals surface area (Å²) in [7, 11) is 0. The van der Waals surface area contributed by atoms with Gasteiger partial charge < -0.3 is 10.2 Å². The molecular formula is C14H19ClN2O2S. The summed E-state index contributed by atoms with van der Waals surface area (Å²) in [6.07, 6.45) is 2.08. The monoisotopic (exact) mass is 314 g/mol. The summed E-state index contributed by atoms with van der Waals surface area (Å²) in [6, 6.07) is 2.10. The first-order valence-corrected chi connectivity index (χ1v) is 8.14. The van der Waals surface area contributed by atoms with E-state index in [2.05, 4.69) is 16.8 Å². The molecule has 6 heteroatoms. The molecular weight excluding hydrogens is 296 g/mol. The molecule has 20 heavy (non-hydrogen) atoms. The van der Waals surface area contributed by atoms with Gasteiger partial charge in [-0.2, -0.15) is 0 Å². The maximum atomic E-state index is 12.1. The fourth-order valence-corrected chi connectivity index (χ4v) is 3.18. The predicted octanol–water partition coefficient (Wildman–Crippen LogP) is 2.16. The van der Waals surface area contributed by atoms with Gasteiger partial charge in [0, 0.05) is 30.9 Å². The molecule has 2 rings (SSSR count). The average molecular weight is 315 g/mol. The molecule has 2 amide bonds. The van der Waals surface area contributed by atoms with Gasteiger partial charge >= 0.3 is 0 Å². The van der Waals surface area contributed by atoms with Crippen molar-refractivity contribution in [3.63, 3.8) is 0 Å². The van der Waals surface area contributed by atoms with Gasteiger partial charge in [-0.3, -0.25) is 9.59 Å². The van der Waals surface area contributed by atoms with Gasteiger partial charge in [0.05, 0.1) is 0 Å². The molecule has 0 aliphatic carbocycles. The number of hydrogen-bond donors (Lipinski definition) is 1. The van der Waals surface area contributed by atoms with Crippen molar-refractivity contribution in [2.24, 2.45) is 0 Å². The Bertz CT molecular complexity index is 487. The van der Waals surface area contributed by atoms with Gasteiger partial charge in [0.25, 0.3) is 0 Å². The summed E-state index contributed by atoms with van der Waals surface area (Å²) in [6.45, 7) is 3.66. The second kappa shape index (κ2) is 7.09. The van der Waals surface area contributed by atoms with E-state index in [-0.39, 0.29) is 11.8 Å². The lowest BCUT2D eigenvalue weighted by atomic mass is 10.1. The van der Waals surface area contributed by atoms with Crippen LogP contribution in [-0.4, -0.2) is 35.2 Å². The number of nitrogens with one attached hydrogen (secondary N) is 1. The lowest BCUT2D eigenvalue weighted by Crippen LogP contribution is -2.36. The molecule has 4 nitrogen and oxygen atoms in total. The minimum atomic E-state index is -0.523. The van der Waals surface area contributed by atoms with Crippen molar-refractivity contribution in [3.05, 3.63) is 21.9 Å². The Morgan fingerprint density at radius 2 is 2.35 bits per heavy atom. The van der Waals surface area contributed by atoms with Crippen LogP contribution in [-0.2, 0) is 22.6 Å². The maximum Gasteiger partial charge on any atom is 0.237 e. The number of carbonyl (C=O) groups excluding carboxylic acids is 2. The first-order valence-electron chi connectivity index (χ1n) is 6.82. The molecule has 1 aliphatic heterocycles. The number of carbonyl (C=O) groups is 2. The lowest BCUT2D eigenvalue weighted by molar-refractivity contribution is -0.132. The summed E-state index contributed by atoms with van der Waals surface area (Å²) in [5.41, 5.74) is 1.28. The first kappa shape index (κ1) is 15.3. The van der Waals surface area contributed by atoms with Gasteiger partial charge in [0.1, 0.15) is 5.38 Å². The van der Waals surface area contributed by atoms with Crippen molar-refractivity contribution in [1.29, 1.82) is 0 Å². The van der Waals surface area contributed by atoms with E-state index in [0.717, 1.165) is 19.5 Å². The first-order chi connectivity index (χ1) is 9.58. The summed E-state index contributed by atoms with van der Waals surface area (Å²) in [5, 5.41) is 4.27. The number of halogens is 1. The Labute approximate surface area is 128 Å². The zero-order valence-corrected chi connectivity index (χ0v) is 13.1. The largest absolute Gasteiger partial charge is 0.355 e. The van der Waals surface area contributed by atoms with Gasteiger partial charge in [-0.05, 0) is 36.8 Å². The second-order valence-corrected chi connectivity index (χ2v) is 6.60. The zero-order chi connectivity index (χ0) is 14.5. The van der Waals surface area contributed by atoms with Crippen molar-refractivity contribution in [1.82, 2.24) is 10.2 Å². The number of nitrogens with zero attached hydrogens (tertiary/aromatic N) is 1. The molecule has 2 heterocycles. The summed E-state index contributed by atoms with van der Waals surface area (Å²) in [5.74, 6) is -0.0185. The van der Waals surface area contributed by atoms with Crippen molar-refractivity contribution in [3.8, 4) is 0 Å². The highest BCUT2D eigenvalue weighted by atomic mass is 35.5. The minimum Gasteiger partial charge on any atom is -0.355 e. The fraction of sp³-hybridized carbons (Fsp3) is 0.571. The van der Waals surface area contributed by atoms with E-state index >= 15 is 0 Å². The van der Waals surface area contributed by atoms with Gasteiger partial charge in [-0.25, -0.2) is 0 Å². The molecule has 0 saturated carbocycles. The van der Waals surface area contributed by atoms with Crippen LogP contribution in [0.15, 0.2) is 11.4 Å². The molecule has 1 aromatic rings. The van der Waals surface area contributed by atoms with Gasteiger partial charge in [-0.1, -0.05) is 0 Å².